The van der Waals surface area contributed by atoms with Crippen LogP contribution in [0.3, 0.4) is 0 Å². The lowest BCUT2D eigenvalue weighted by Gasteiger charge is -2.27. The summed E-state index contributed by atoms with van der Waals surface area (Å²) in [5, 5.41) is 2.88. The first kappa shape index (κ1) is 25.0. The number of hydrogen-bond acceptors (Lipinski definition) is 4. The van der Waals surface area contributed by atoms with Crippen molar-refractivity contribution in [2.24, 2.45) is 0 Å². The number of carbonyl (C=O) groups excluding carboxylic acids is 1. The molecule has 0 aromatic heterocycles. The number of hydrogen-bond donors (Lipinski definition) is 1. The van der Waals surface area contributed by atoms with Gasteiger partial charge in [-0.25, -0.2) is 8.42 Å². The molecule has 0 saturated carbocycles. The van der Waals surface area contributed by atoms with Crippen LogP contribution in [0, 0.1) is 6.92 Å². The van der Waals surface area contributed by atoms with Crippen LogP contribution in [0.2, 0.25) is 0 Å². The van der Waals surface area contributed by atoms with Crippen molar-refractivity contribution in [3.05, 3.63) is 120 Å². The fourth-order valence-electron chi connectivity index (χ4n) is 3.81. The van der Waals surface area contributed by atoms with E-state index in [-0.39, 0.29) is 22.7 Å². The number of anilines is 2. The Labute approximate surface area is 212 Å². The van der Waals surface area contributed by atoms with E-state index in [0.29, 0.717) is 18.0 Å². The van der Waals surface area contributed by atoms with Gasteiger partial charge in [0.25, 0.3) is 15.9 Å². The van der Waals surface area contributed by atoms with Gasteiger partial charge >= 0.3 is 0 Å². The quantitative estimate of drug-likeness (QED) is 0.304. The SMILES string of the molecule is CCOc1ccccc1NC(=O)c1ccccc1N(Cc1ccccc1)S(=O)(=O)c1ccc(C)cc1. The maximum Gasteiger partial charge on any atom is 0.264 e. The van der Waals surface area contributed by atoms with Crippen molar-refractivity contribution < 1.29 is 17.9 Å². The van der Waals surface area contributed by atoms with Gasteiger partial charge in [0.05, 0.1) is 35.0 Å². The molecule has 1 N–H and O–H groups in total. The highest BCUT2D eigenvalue weighted by molar-refractivity contribution is 7.92. The zero-order chi connectivity index (χ0) is 25.5. The summed E-state index contributed by atoms with van der Waals surface area (Å²) in [4.78, 5) is 13.6. The van der Waals surface area contributed by atoms with Gasteiger partial charge in [-0.3, -0.25) is 9.10 Å². The maximum absolute atomic E-state index is 13.9. The van der Waals surface area contributed by atoms with E-state index >= 15 is 0 Å². The van der Waals surface area contributed by atoms with Gasteiger partial charge in [0.1, 0.15) is 5.75 Å². The third kappa shape index (κ3) is 5.58. The van der Waals surface area contributed by atoms with Crippen molar-refractivity contribution in [3.63, 3.8) is 0 Å². The molecule has 0 bridgehead atoms. The van der Waals surface area contributed by atoms with Crippen LogP contribution in [-0.2, 0) is 16.6 Å². The molecule has 4 rings (SSSR count). The number of nitrogens with zero attached hydrogens (tertiary/aromatic N) is 1. The fourth-order valence-corrected chi connectivity index (χ4v) is 5.28. The number of carbonyl (C=O) groups is 1. The number of rotatable bonds is 9. The molecule has 0 radical (unpaired) electrons. The monoisotopic (exact) mass is 500 g/mol. The predicted molar refractivity (Wildman–Crippen MR) is 143 cm³/mol. The average molecular weight is 501 g/mol. The van der Waals surface area contributed by atoms with Crippen molar-refractivity contribution >= 4 is 27.3 Å². The first-order valence-electron chi connectivity index (χ1n) is 11.7. The Morgan fingerprint density at radius 3 is 2.19 bits per heavy atom. The van der Waals surface area contributed by atoms with E-state index in [1.54, 1.807) is 66.7 Å². The van der Waals surface area contributed by atoms with Crippen LogP contribution in [0.15, 0.2) is 108 Å². The molecular formula is C29H28N2O4S. The molecule has 0 aliphatic rings. The Balaban J connectivity index is 1.78. The normalized spacial score (nSPS) is 11.1. The molecule has 184 valence electrons. The zero-order valence-corrected chi connectivity index (χ0v) is 21.0. The van der Waals surface area contributed by atoms with Gasteiger partial charge in [-0.05, 0) is 55.8 Å². The van der Waals surface area contributed by atoms with Gasteiger partial charge in [-0.1, -0.05) is 72.3 Å². The molecular weight excluding hydrogens is 472 g/mol. The Kier molecular flexibility index (Phi) is 7.71. The number of benzene rings is 4. The van der Waals surface area contributed by atoms with Gasteiger partial charge in [0, 0.05) is 0 Å². The summed E-state index contributed by atoms with van der Waals surface area (Å²) in [6.45, 7) is 4.28. The largest absolute Gasteiger partial charge is 0.492 e. The van der Waals surface area contributed by atoms with Gasteiger partial charge in [0.15, 0.2) is 0 Å². The van der Waals surface area contributed by atoms with Crippen molar-refractivity contribution in [1.29, 1.82) is 0 Å². The highest BCUT2D eigenvalue weighted by Gasteiger charge is 2.28. The van der Waals surface area contributed by atoms with Crippen LogP contribution in [0.25, 0.3) is 0 Å². The average Bonchev–Trinajstić information content (AvgIpc) is 2.89. The second kappa shape index (κ2) is 11.1. The third-order valence-corrected chi connectivity index (χ3v) is 7.40. The van der Waals surface area contributed by atoms with Crippen molar-refractivity contribution in [2.75, 3.05) is 16.2 Å². The third-order valence-electron chi connectivity index (χ3n) is 5.63. The minimum absolute atomic E-state index is 0.0663. The lowest BCUT2D eigenvalue weighted by Crippen LogP contribution is -2.32. The van der Waals surface area contributed by atoms with Crippen LogP contribution < -0.4 is 14.4 Å². The summed E-state index contributed by atoms with van der Waals surface area (Å²) < 4.78 is 34.7. The smallest absolute Gasteiger partial charge is 0.264 e. The van der Waals surface area contributed by atoms with Crippen LogP contribution in [0.5, 0.6) is 5.75 Å². The van der Waals surface area contributed by atoms with Crippen LogP contribution in [-0.4, -0.2) is 20.9 Å². The van der Waals surface area contributed by atoms with E-state index in [2.05, 4.69) is 5.32 Å². The maximum atomic E-state index is 13.9. The zero-order valence-electron chi connectivity index (χ0n) is 20.2. The molecule has 0 aliphatic carbocycles. The summed E-state index contributed by atoms with van der Waals surface area (Å²) in [6.07, 6.45) is 0. The lowest BCUT2D eigenvalue weighted by molar-refractivity contribution is 0.102. The van der Waals surface area contributed by atoms with Crippen molar-refractivity contribution in [1.82, 2.24) is 0 Å². The lowest BCUT2D eigenvalue weighted by atomic mass is 10.1. The van der Waals surface area contributed by atoms with Crippen molar-refractivity contribution in [2.45, 2.75) is 25.3 Å². The standard InChI is InChI=1S/C29H28N2O4S/c1-3-35-28-16-10-8-14-26(28)30-29(32)25-13-7-9-15-27(25)31(21-23-11-5-4-6-12-23)36(33,34)24-19-17-22(2)18-20-24/h4-20H,3,21H2,1-2H3,(H,30,32). The molecule has 0 spiro atoms. The number of ether oxygens (including phenoxy) is 1. The number of nitrogens with one attached hydrogen (secondary N) is 1. The molecule has 0 saturated heterocycles. The van der Waals surface area contributed by atoms with E-state index in [1.165, 1.54) is 4.31 Å². The fraction of sp³-hybridized carbons (Fsp3) is 0.138. The second-order valence-electron chi connectivity index (χ2n) is 8.21. The minimum Gasteiger partial charge on any atom is -0.492 e. The summed E-state index contributed by atoms with van der Waals surface area (Å²) in [5.74, 6) is 0.106. The molecule has 6 nitrogen and oxygen atoms in total. The number of para-hydroxylation sites is 3. The van der Waals surface area contributed by atoms with E-state index in [4.69, 9.17) is 4.74 Å². The minimum atomic E-state index is -3.99. The van der Waals surface area contributed by atoms with Crippen LogP contribution in [0.4, 0.5) is 11.4 Å². The summed E-state index contributed by atoms with van der Waals surface area (Å²) >= 11 is 0. The van der Waals surface area contributed by atoms with Crippen molar-refractivity contribution in [3.8, 4) is 5.75 Å². The molecule has 0 fully saturated rings. The first-order chi connectivity index (χ1) is 17.4. The topological polar surface area (TPSA) is 75.7 Å². The summed E-state index contributed by atoms with van der Waals surface area (Å²) in [5.41, 5.74) is 2.78. The van der Waals surface area contributed by atoms with E-state index in [1.807, 2.05) is 50.2 Å². The first-order valence-corrected chi connectivity index (χ1v) is 13.1. The van der Waals surface area contributed by atoms with Gasteiger partial charge in [-0.2, -0.15) is 0 Å². The Bertz CT molecular complexity index is 1440. The highest BCUT2D eigenvalue weighted by Crippen LogP contribution is 2.31. The number of sulfonamides is 1. The summed E-state index contributed by atoms with van der Waals surface area (Å²) in [7, 11) is -3.99. The van der Waals surface area contributed by atoms with Crippen LogP contribution in [0.1, 0.15) is 28.4 Å². The van der Waals surface area contributed by atoms with E-state index < -0.39 is 15.9 Å². The van der Waals surface area contributed by atoms with Gasteiger partial charge < -0.3 is 10.1 Å². The molecule has 0 unspecified atom stereocenters. The predicted octanol–water partition coefficient (Wildman–Crippen LogP) is 6.04. The molecule has 0 atom stereocenters. The number of amides is 1. The second-order valence-corrected chi connectivity index (χ2v) is 10.1. The van der Waals surface area contributed by atoms with Crippen LogP contribution >= 0.6 is 0 Å². The van der Waals surface area contributed by atoms with Gasteiger partial charge in [0.2, 0.25) is 0 Å². The Hall–Kier alpha value is -4.10. The Morgan fingerprint density at radius 1 is 0.833 bits per heavy atom. The molecule has 0 heterocycles. The summed E-state index contributed by atoms with van der Waals surface area (Å²) in [6, 6.07) is 29.9. The molecule has 7 heteroatoms. The van der Waals surface area contributed by atoms with E-state index in [0.717, 1.165) is 11.1 Å². The molecule has 4 aromatic carbocycles. The van der Waals surface area contributed by atoms with E-state index in [9.17, 15) is 13.2 Å². The Morgan fingerprint density at radius 2 is 1.47 bits per heavy atom. The highest BCUT2D eigenvalue weighted by atomic mass is 32.2. The molecule has 4 aromatic rings. The molecule has 1 amide bonds. The molecule has 0 aliphatic heterocycles. The molecule has 36 heavy (non-hydrogen) atoms. The van der Waals surface area contributed by atoms with Gasteiger partial charge in [-0.15, -0.1) is 0 Å². The number of aryl methyl sites for hydroxylation is 1.